The first-order valence-electron chi connectivity index (χ1n) is 4.41. The standard InChI is InChI=1S/C9H19N/c1-7(2)8-4-5-9(6-8)10-3/h7-10H,4-6H2,1-3H3. The molecule has 1 saturated carbocycles. The Hall–Kier alpha value is -0.0400. The number of rotatable bonds is 2. The van der Waals surface area contributed by atoms with Gasteiger partial charge in [0, 0.05) is 6.04 Å². The first-order chi connectivity index (χ1) is 4.74. The van der Waals surface area contributed by atoms with Crippen molar-refractivity contribution >= 4 is 0 Å². The Morgan fingerprint density at radius 1 is 1.30 bits per heavy atom. The van der Waals surface area contributed by atoms with Crippen molar-refractivity contribution in [2.24, 2.45) is 11.8 Å². The van der Waals surface area contributed by atoms with Crippen LogP contribution in [0.2, 0.25) is 0 Å². The van der Waals surface area contributed by atoms with Crippen LogP contribution in [0.15, 0.2) is 0 Å². The number of hydrogen-bond acceptors (Lipinski definition) is 1. The maximum Gasteiger partial charge on any atom is 0.00669 e. The maximum atomic E-state index is 3.35. The molecular formula is C9H19N. The molecule has 2 atom stereocenters. The lowest BCUT2D eigenvalue weighted by molar-refractivity contribution is 0.385. The Morgan fingerprint density at radius 3 is 2.30 bits per heavy atom. The van der Waals surface area contributed by atoms with Crippen LogP contribution in [0.25, 0.3) is 0 Å². The molecule has 2 unspecified atom stereocenters. The minimum atomic E-state index is 0.812. The third-order valence-corrected chi connectivity index (χ3v) is 2.82. The number of nitrogens with one attached hydrogen (secondary N) is 1. The summed E-state index contributed by atoms with van der Waals surface area (Å²) < 4.78 is 0. The van der Waals surface area contributed by atoms with Crippen LogP contribution in [0.4, 0.5) is 0 Å². The summed E-state index contributed by atoms with van der Waals surface area (Å²) in [6.45, 7) is 4.67. The van der Waals surface area contributed by atoms with Crippen LogP contribution >= 0.6 is 0 Å². The second kappa shape index (κ2) is 3.38. The molecule has 1 fully saturated rings. The van der Waals surface area contributed by atoms with Crippen LogP contribution in [0.3, 0.4) is 0 Å². The van der Waals surface area contributed by atoms with Crippen molar-refractivity contribution in [3.05, 3.63) is 0 Å². The molecule has 0 bridgehead atoms. The summed E-state index contributed by atoms with van der Waals surface area (Å²) in [7, 11) is 2.08. The summed E-state index contributed by atoms with van der Waals surface area (Å²) in [5.74, 6) is 1.87. The summed E-state index contributed by atoms with van der Waals surface area (Å²) in [4.78, 5) is 0. The van der Waals surface area contributed by atoms with E-state index in [-0.39, 0.29) is 0 Å². The first-order valence-corrected chi connectivity index (χ1v) is 4.41. The van der Waals surface area contributed by atoms with Crippen molar-refractivity contribution in [1.29, 1.82) is 0 Å². The zero-order valence-corrected chi connectivity index (χ0v) is 7.35. The summed E-state index contributed by atoms with van der Waals surface area (Å²) in [6, 6.07) is 0.812. The zero-order valence-electron chi connectivity index (χ0n) is 7.35. The Kier molecular flexibility index (Phi) is 2.72. The van der Waals surface area contributed by atoms with Crippen molar-refractivity contribution in [3.8, 4) is 0 Å². The first kappa shape index (κ1) is 8.06. The molecule has 0 radical (unpaired) electrons. The van der Waals surface area contributed by atoms with Crippen LogP contribution in [0.5, 0.6) is 0 Å². The van der Waals surface area contributed by atoms with Gasteiger partial charge in [0.15, 0.2) is 0 Å². The van der Waals surface area contributed by atoms with Gasteiger partial charge in [-0.2, -0.15) is 0 Å². The average molecular weight is 141 g/mol. The number of hydrogen-bond donors (Lipinski definition) is 1. The topological polar surface area (TPSA) is 12.0 Å². The van der Waals surface area contributed by atoms with Gasteiger partial charge in [0.25, 0.3) is 0 Å². The van der Waals surface area contributed by atoms with Gasteiger partial charge in [-0.25, -0.2) is 0 Å². The Labute approximate surface area is 64.2 Å². The molecule has 60 valence electrons. The molecule has 0 aromatic heterocycles. The minimum absolute atomic E-state index is 0.812. The van der Waals surface area contributed by atoms with E-state index in [9.17, 15) is 0 Å². The molecule has 0 heterocycles. The van der Waals surface area contributed by atoms with Crippen LogP contribution in [-0.2, 0) is 0 Å². The van der Waals surface area contributed by atoms with E-state index in [0.717, 1.165) is 17.9 Å². The summed E-state index contributed by atoms with van der Waals surface area (Å²) in [6.07, 6.45) is 4.22. The predicted molar refractivity (Wildman–Crippen MR) is 45.0 cm³/mol. The van der Waals surface area contributed by atoms with Gasteiger partial charge in [-0.3, -0.25) is 0 Å². The summed E-state index contributed by atoms with van der Waals surface area (Å²) in [5, 5.41) is 3.35. The molecule has 10 heavy (non-hydrogen) atoms. The lowest BCUT2D eigenvalue weighted by atomic mass is 9.94. The van der Waals surface area contributed by atoms with Gasteiger partial charge in [0.05, 0.1) is 0 Å². The second-order valence-electron chi connectivity index (χ2n) is 3.80. The predicted octanol–water partition coefficient (Wildman–Crippen LogP) is 2.03. The average Bonchev–Trinajstić information content (AvgIpc) is 2.34. The minimum Gasteiger partial charge on any atom is -0.317 e. The molecule has 1 N–H and O–H groups in total. The van der Waals surface area contributed by atoms with E-state index < -0.39 is 0 Å². The molecule has 0 aromatic carbocycles. The van der Waals surface area contributed by atoms with E-state index in [4.69, 9.17) is 0 Å². The lowest BCUT2D eigenvalue weighted by Gasteiger charge is -2.13. The highest BCUT2D eigenvalue weighted by atomic mass is 14.9. The molecule has 1 heteroatoms. The molecule has 1 nitrogen and oxygen atoms in total. The SMILES string of the molecule is CNC1CCC(C(C)C)C1. The highest BCUT2D eigenvalue weighted by Gasteiger charge is 2.24. The zero-order chi connectivity index (χ0) is 7.56. The fourth-order valence-electron chi connectivity index (χ4n) is 1.88. The highest BCUT2D eigenvalue weighted by molar-refractivity contribution is 4.80. The monoisotopic (exact) mass is 141 g/mol. The Morgan fingerprint density at radius 2 is 2.00 bits per heavy atom. The van der Waals surface area contributed by atoms with Crippen molar-refractivity contribution < 1.29 is 0 Å². The third kappa shape index (κ3) is 1.72. The third-order valence-electron chi connectivity index (χ3n) is 2.82. The maximum absolute atomic E-state index is 3.35. The van der Waals surface area contributed by atoms with E-state index in [0.29, 0.717) is 0 Å². The van der Waals surface area contributed by atoms with Gasteiger partial charge in [0.1, 0.15) is 0 Å². The van der Waals surface area contributed by atoms with Crippen LogP contribution < -0.4 is 5.32 Å². The largest absolute Gasteiger partial charge is 0.317 e. The smallest absolute Gasteiger partial charge is 0.00669 e. The van der Waals surface area contributed by atoms with Gasteiger partial charge >= 0.3 is 0 Å². The van der Waals surface area contributed by atoms with Gasteiger partial charge in [-0.05, 0) is 38.1 Å². The highest BCUT2D eigenvalue weighted by Crippen LogP contribution is 2.30. The molecule has 0 aliphatic heterocycles. The van der Waals surface area contributed by atoms with E-state index >= 15 is 0 Å². The molecular weight excluding hydrogens is 122 g/mol. The van der Waals surface area contributed by atoms with E-state index in [2.05, 4.69) is 26.2 Å². The molecule has 1 aliphatic rings. The van der Waals surface area contributed by atoms with Gasteiger partial charge < -0.3 is 5.32 Å². The quantitative estimate of drug-likeness (QED) is 0.620. The lowest BCUT2D eigenvalue weighted by Crippen LogP contribution is -2.21. The van der Waals surface area contributed by atoms with Crippen LogP contribution in [-0.4, -0.2) is 13.1 Å². The second-order valence-corrected chi connectivity index (χ2v) is 3.80. The van der Waals surface area contributed by atoms with Crippen LogP contribution in [0, 0.1) is 11.8 Å². The molecule has 0 aromatic rings. The molecule has 1 rings (SSSR count). The fraction of sp³-hybridized carbons (Fsp3) is 1.00. The molecule has 1 aliphatic carbocycles. The normalized spacial score (nSPS) is 33.6. The molecule has 0 spiro atoms. The van der Waals surface area contributed by atoms with Gasteiger partial charge in [-0.15, -0.1) is 0 Å². The summed E-state index contributed by atoms with van der Waals surface area (Å²) >= 11 is 0. The van der Waals surface area contributed by atoms with Gasteiger partial charge in [-0.1, -0.05) is 13.8 Å². The van der Waals surface area contributed by atoms with Crippen molar-refractivity contribution in [3.63, 3.8) is 0 Å². The van der Waals surface area contributed by atoms with Gasteiger partial charge in [0.2, 0.25) is 0 Å². The van der Waals surface area contributed by atoms with Crippen LogP contribution in [0.1, 0.15) is 33.1 Å². The molecule has 0 saturated heterocycles. The van der Waals surface area contributed by atoms with Crippen molar-refractivity contribution in [1.82, 2.24) is 5.32 Å². The molecule has 0 amide bonds. The van der Waals surface area contributed by atoms with E-state index in [1.165, 1.54) is 19.3 Å². The Balaban J connectivity index is 2.28. The summed E-state index contributed by atoms with van der Waals surface area (Å²) in [5.41, 5.74) is 0. The van der Waals surface area contributed by atoms with Crippen molar-refractivity contribution in [2.45, 2.75) is 39.2 Å². The van der Waals surface area contributed by atoms with Crippen molar-refractivity contribution in [2.75, 3.05) is 7.05 Å². The fourth-order valence-corrected chi connectivity index (χ4v) is 1.88. The van der Waals surface area contributed by atoms with E-state index in [1.807, 2.05) is 0 Å². The van der Waals surface area contributed by atoms with E-state index in [1.54, 1.807) is 0 Å². The Bertz CT molecular complexity index is 98.9.